The summed E-state index contributed by atoms with van der Waals surface area (Å²) in [6, 6.07) is 0. The van der Waals surface area contributed by atoms with Crippen LogP contribution in [-0.4, -0.2) is 6.21 Å². The monoisotopic (exact) mass is 178 g/mol. The van der Waals surface area contributed by atoms with Crippen LogP contribution in [0.4, 0.5) is 0 Å². The molecule has 2 nitrogen and oxygen atoms in total. The van der Waals surface area contributed by atoms with Crippen molar-refractivity contribution in [3.63, 3.8) is 0 Å². The fourth-order valence-electron chi connectivity index (χ4n) is 0.832. The first-order valence-corrected chi connectivity index (χ1v) is 4.51. The average Bonchev–Trinajstić information content (AvgIpc) is 2.14. The Morgan fingerprint density at radius 2 is 2.15 bits per heavy atom. The van der Waals surface area contributed by atoms with E-state index in [4.69, 9.17) is 5.41 Å². The Hall–Kier alpha value is -1.31. The molecule has 0 bridgehead atoms. The summed E-state index contributed by atoms with van der Waals surface area (Å²) < 4.78 is 0. The van der Waals surface area contributed by atoms with Crippen LogP contribution in [0.15, 0.2) is 35.7 Å². The molecule has 0 radical (unpaired) electrons. The lowest BCUT2D eigenvalue weighted by Crippen LogP contribution is -2.08. The summed E-state index contributed by atoms with van der Waals surface area (Å²) in [5.74, 6) is 0. The summed E-state index contributed by atoms with van der Waals surface area (Å²) in [7, 11) is 0. The molecule has 0 aliphatic heterocycles. The summed E-state index contributed by atoms with van der Waals surface area (Å²) in [5, 5.41) is 10.1. The number of hydrogen-bond acceptors (Lipinski definition) is 2. The first kappa shape index (κ1) is 11.7. The van der Waals surface area contributed by atoms with Crippen LogP contribution in [0, 0.1) is 5.41 Å². The van der Waals surface area contributed by atoms with E-state index in [9.17, 15) is 0 Å². The zero-order chi connectivity index (χ0) is 10.1. The van der Waals surface area contributed by atoms with Crippen LogP contribution in [0.2, 0.25) is 0 Å². The molecule has 0 spiro atoms. The van der Waals surface area contributed by atoms with Crippen LogP contribution >= 0.6 is 0 Å². The lowest BCUT2D eigenvalue weighted by atomic mass is 10.3. The Morgan fingerprint density at radius 3 is 2.62 bits per heavy atom. The van der Waals surface area contributed by atoms with Crippen LogP contribution in [0.5, 0.6) is 0 Å². The van der Waals surface area contributed by atoms with Crippen molar-refractivity contribution in [2.45, 2.75) is 27.2 Å². The molecule has 0 amide bonds. The van der Waals surface area contributed by atoms with Crippen molar-refractivity contribution in [1.29, 1.82) is 5.41 Å². The quantitative estimate of drug-likeness (QED) is 0.492. The molecule has 13 heavy (non-hydrogen) atoms. The summed E-state index contributed by atoms with van der Waals surface area (Å²) in [4.78, 5) is 0. The van der Waals surface area contributed by atoms with Gasteiger partial charge in [-0.15, -0.1) is 0 Å². The van der Waals surface area contributed by atoms with E-state index in [2.05, 4.69) is 18.3 Å². The van der Waals surface area contributed by atoms with Gasteiger partial charge in [0.25, 0.3) is 0 Å². The highest BCUT2D eigenvalue weighted by Crippen LogP contribution is 1.98. The molecular formula is C11H18N2. The van der Waals surface area contributed by atoms with Gasteiger partial charge in [-0.2, -0.15) is 0 Å². The van der Waals surface area contributed by atoms with Gasteiger partial charge in [0.15, 0.2) is 0 Å². The van der Waals surface area contributed by atoms with Gasteiger partial charge >= 0.3 is 0 Å². The molecule has 0 heterocycles. The lowest BCUT2D eigenvalue weighted by molar-refractivity contribution is 0.979. The lowest BCUT2D eigenvalue weighted by Gasteiger charge is -2.06. The van der Waals surface area contributed by atoms with Gasteiger partial charge in [0.2, 0.25) is 0 Å². The molecule has 0 aliphatic rings. The van der Waals surface area contributed by atoms with Gasteiger partial charge < -0.3 is 10.7 Å². The van der Waals surface area contributed by atoms with Gasteiger partial charge in [-0.05, 0) is 32.4 Å². The predicted octanol–water partition coefficient (Wildman–Crippen LogP) is 3.00. The van der Waals surface area contributed by atoms with Crippen LogP contribution in [0.25, 0.3) is 0 Å². The molecule has 0 rings (SSSR count). The van der Waals surface area contributed by atoms with Crippen LogP contribution in [-0.2, 0) is 0 Å². The molecule has 0 unspecified atom stereocenters. The van der Waals surface area contributed by atoms with Gasteiger partial charge in [0.1, 0.15) is 0 Å². The molecule has 2 N–H and O–H groups in total. The second kappa shape index (κ2) is 7.35. The fraction of sp³-hybridized carbons (Fsp3) is 0.364. The van der Waals surface area contributed by atoms with Crippen molar-refractivity contribution >= 4 is 6.21 Å². The molecule has 0 aromatic rings. The fourth-order valence-corrected chi connectivity index (χ4v) is 0.832. The highest BCUT2D eigenvalue weighted by molar-refractivity contribution is 5.68. The highest BCUT2D eigenvalue weighted by atomic mass is 14.9. The third kappa shape index (κ3) is 5.91. The maximum Gasteiger partial charge on any atom is 0.0341 e. The molecule has 0 saturated heterocycles. The maximum atomic E-state index is 6.87. The summed E-state index contributed by atoms with van der Waals surface area (Å²) >= 11 is 0. The topological polar surface area (TPSA) is 35.9 Å². The minimum Gasteiger partial charge on any atom is -0.360 e. The number of hydrogen-bond donors (Lipinski definition) is 2. The molecule has 0 aliphatic carbocycles. The molecule has 0 aromatic carbocycles. The van der Waals surface area contributed by atoms with E-state index >= 15 is 0 Å². The Labute approximate surface area is 80.6 Å². The van der Waals surface area contributed by atoms with E-state index in [1.165, 1.54) is 6.21 Å². The first-order chi connectivity index (χ1) is 6.24. The highest BCUT2D eigenvalue weighted by Gasteiger charge is 1.89. The van der Waals surface area contributed by atoms with Gasteiger partial charge in [0.05, 0.1) is 0 Å². The summed E-state index contributed by atoms with van der Waals surface area (Å²) in [6.07, 6.45) is 9.97. The second-order valence-corrected chi connectivity index (χ2v) is 2.69. The predicted molar refractivity (Wildman–Crippen MR) is 58.9 cm³/mol. The van der Waals surface area contributed by atoms with Crippen molar-refractivity contribution in [2.24, 2.45) is 0 Å². The summed E-state index contributed by atoms with van der Waals surface area (Å²) in [6.45, 7) is 6.10. The Morgan fingerprint density at radius 1 is 1.46 bits per heavy atom. The van der Waals surface area contributed by atoms with Gasteiger partial charge in [-0.1, -0.05) is 19.1 Å². The van der Waals surface area contributed by atoms with Crippen LogP contribution < -0.4 is 5.32 Å². The third-order valence-electron chi connectivity index (χ3n) is 1.57. The standard InChI is InChI=1S/C11H18N2/c1-4-7-11(8-6-9-12)13-10(3)5-2/h5-9,12-13H,4H2,1-3H3/b8-6-,10-5-,11-7-,12-9?. The van der Waals surface area contributed by atoms with E-state index < -0.39 is 0 Å². The molecule has 0 saturated carbocycles. The SMILES string of the molecule is C/C=C(/C)NC(/C=C\C=N)=C\CC. The van der Waals surface area contributed by atoms with Crippen molar-refractivity contribution in [3.05, 3.63) is 35.7 Å². The Balaban J connectivity index is 4.35. The van der Waals surface area contributed by atoms with E-state index in [0.717, 1.165) is 17.8 Å². The smallest absolute Gasteiger partial charge is 0.0341 e. The minimum absolute atomic E-state index is 0.988. The van der Waals surface area contributed by atoms with E-state index in [1.54, 1.807) is 6.08 Å². The summed E-state index contributed by atoms with van der Waals surface area (Å²) in [5.41, 5.74) is 2.16. The maximum absolute atomic E-state index is 6.87. The van der Waals surface area contributed by atoms with Gasteiger partial charge in [-0.25, -0.2) is 0 Å². The molecule has 0 aromatic heterocycles. The minimum atomic E-state index is 0.988. The zero-order valence-corrected chi connectivity index (χ0v) is 8.59. The second-order valence-electron chi connectivity index (χ2n) is 2.69. The van der Waals surface area contributed by atoms with E-state index in [0.29, 0.717) is 0 Å². The Kier molecular flexibility index (Phi) is 6.60. The molecular weight excluding hydrogens is 160 g/mol. The number of rotatable bonds is 5. The van der Waals surface area contributed by atoms with Gasteiger partial charge in [-0.3, -0.25) is 0 Å². The third-order valence-corrected chi connectivity index (χ3v) is 1.57. The molecule has 72 valence electrons. The van der Waals surface area contributed by atoms with Crippen molar-refractivity contribution in [1.82, 2.24) is 5.32 Å². The van der Waals surface area contributed by atoms with Crippen LogP contribution in [0.3, 0.4) is 0 Å². The molecule has 0 atom stereocenters. The number of nitrogens with one attached hydrogen (secondary N) is 2. The normalized spacial score (nSPS) is 13.5. The Bertz CT molecular complexity index is 234. The molecule has 2 heteroatoms. The van der Waals surface area contributed by atoms with Gasteiger partial charge in [0, 0.05) is 17.6 Å². The van der Waals surface area contributed by atoms with E-state index in [-0.39, 0.29) is 0 Å². The van der Waals surface area contributed by atoms with Crippen LogP contribution in [0.1, 0.15) is 27.2 Å². The van der Waals surface area contributed by atoms with Crippen molar-refractivity contribution in [2.75, 3.05) is 0 Å². The first-order valence-electron chi connectivity index (χ1n) is 4.51. The van der Waals surface area contributed by atoms with Crippen molar-refractivity contribution < 1.29 is 0 Å². The number of allylic oxidation sites excluding steroid dienone is 5. The van der Waals surface area contributed by atoms with Crippen molar-refractivity contribution in [3.8, 4) is 0 Å². The van der Waals surface area contributed by atoms with E-state index in [1.807, 2.05) is 26.0 Å². The zero-order valence-electron chi connectivity index (χ0n) is 8.59. The largest absolute Gasteiger partial charge is 0.360 e. The average molecular weight is 178 g/mol. The molecule has 0 fully saturated rings.